The van der Waals surface area contributed by atoms with Crippen molar-refractivity contribution in [1.82, 2.24) is 0 Å². The van der Waals surface area contributed by atoms with Crippen LogP contribution >= 0.6 is 10.7 Å². The van der Waals surface area contributed by atoms with Gasteiger partial charge in [0.25, 0.3) is 0 Å². The summed E-state index contributed by atoms with van der Waals surface area (Å²) in [5.74, 6) is 0. The number of hydrogen-bond donors (Lipinski definition) is 0. The van der Waals surface area contributed by atoms with Gasteiger partial charge in [-0.3, -0.25) is 0 Å². The second-order valence-electron chi connectivity index (χ2n) is 0.510. The monoisotopic (exact) mass is 118 g/mol. The van der Waals surface area contributed by atoms with E-state index < -0.39 is 0 Å². The van der Waals surface area contributed by atoms with Gasteiger partial charge >= 0.3 is 0 Å². The third-order valence-corrected chi connectivity index (χ3v) is 5.51. The first-order valence-corrected chi connectivity index (χ1v) is 6.67. The fourth-order valence-corrected chi connectivity index (χ4v) is 2.76. The van der Waals surface area contributed by atoms with Crippen LogP contribution in [0.2, 0.25) is 13.1 Å². The first-order valence-electron chi connectivity index (χ1n) is 1.41. The molecule has 0 atom stereocenters. The summed E-state index contributed by atoms with van der Waals surface area (Å²) in [5.41, 5.74) is 0. The molecule has 0 aromatic rings. The highest BCUT2D eigenvalue weighted by Crippen LogP contribution is 1.87. The summed E-state index contributed by atoms with van der Waals surface area (Å²) in [7, 11) is 4.19. The van der Waals surface area contributed by atoms with E-state index in [2.05, 4.69) is 13.1 Å². The first kappa shape index (κ1) is 5.78. The largest absolute Gasteiger partial charge is 0.214 e. The molecule has 4 radical (unpaired) electrons. The Hall–Kier alpha value is 0.784. The zero-order valence-corrected chi connectivity index (χ0v) is 6.22. The molecule has 0 bridgehead atoms. The van der Waals surface area contributed by atoms with E-state index in [1.54, 1.807) is 0 Å². The molecule has 0 rings (SSSR count). The van der Waals surface area contributed by atoms with Gasteiger partial charge in [0.2, 0.25) is 0 Å². The van der Waals surface area contributed by atoms with Gasteiger partial charge in [0, 0.05) is 0 Å². The highest BCUT2D eigenvalue weighted by atomic mass is 32.5. The van der Waals surface area contributed by atoms with E-state index >= 15 is 0 Å². The molecule has 0 fully saturated rings. The lowest BCUT2D eigenvalue weighted by molar-refractivity contribution is 2.36. The molecule has 0 saturated heterocycles. The third-order valence-electron chi connectivity index (χ3n) is 0.204. The topological polar surface area (TPSA) is 0 Å². The van der Waals surface area contributed by atoms with Crippen molar-refractivity contribution in [3.8, 4) is 0 Å². The summed E-state index contributed by atoms with van der Waals surface area (Å²) in [4.78, 5) is 0. The van der Waals surface area contributed by atoms with Gasteiger partial charge in [0.1, 0.15) is 17.3 Å². The van der Waals surface area contributed by atoms with Crippen molar-refractivity contribution in [2.24, 2.45) is 0 Å². The molecular weight excluding hydrogens is 112 g/mol. The Morgan fingerprint density at radius 3 is 1.60 bits per heavy atom. The number of rotatable bonds is 2. The SMILES string of the molecule is C[Si]S[Si]C. The molecule has 0 spiro atoms. The van der Waals surface area contributed by atoms with Gasteiger partial charge in [-0.15, -0.1) is 0 Å². The fraction of sp³-hybridized carbons (Fsp3) is 1.00. The van der Waals surface area contributed by atoms with E-state index in [1.807, 2.05) is 10.7 Å². The Kier molecular flexibility index (Phi) is 5.53. The maximum Gasteiger partial charge on any atom is 0.110 e. The zero-order chi connectivity index (χ0) is 4.12. The van der Waals surface area contributed by atoms with Crippen LogP contribution in [0.15, 0.2) is 0 Å². The summed E-state index contributed by atoms with van der Waals surface area (Å²) in [6, 6.07) is 0. The molecule has 0 nitrogen and oxygen atoms in total. The van der Waals surface area contributed by atoms with Gasteiger partial charge < -0.3 is 0 Å². The fourth-order valence-electron chi connectivity index (χ4n) is 0.102. The van der Waals surface area contributed by atoms with Gasteiger partial charge in [-0.1, -0.05) is 13.1 Å². The predicted octanol–water partition coefficient (Wildman–Crippen LogP) is 1.05. The maximum absolute atomic E-state index is 2.21. The lowest BCUT2D eigenvalue weighted by Gasteiger charge is -1.77. The Morgan fingerprint density at radius 2 is 1.60 bits per heavy atom. The lowest BCUT2D eigenvalue weighted by atomic mass is 11.9. The van der Waals surface area contributed by atoms with Crippen LogP contribution in [0.25, 0.3) is 0 Å². The Morgan fingerprint density at radius 1 is 1.20 bits per heavy atom. The van der Waals surface area contributed by atoms with Crippen LogP contribution in [0.1, 0.15) is 0 Å². The average Bonchev–Trinajstić information content (AvgIpc) is 1.41. The quantitative estimate of drug-likeness (QED) is 0.489. The molecule has 0 aliphatic heterocycles. The van der Waals surface area contributed by atoms with Crippen molar-refractivity contribution in [1.29, 1.82) is 0 Å². The van der Waals surface area contributed by atoms with E-state index in [9.17, 15) is 0 Å². The highest BCUT2D eigenvalue weighted by molar-refractivity contribution is 8.40. The van der Waals surface area contributed by atoms with Crippen molar-refractivity contribution >= 4 is 28.0 Å². The summed E-state index contributed by atoms with van der Waals surface area (Å²) >= 11 is 0. The molecule has 0 aromatic heterocycles. The molecule has 0 aliphatic rings. The van der Waals surface area contributed by atoms with Crippen molar-refractivity contribution in [3.63, 3.8) is 0 Å². The molecule has 0 saturated carbocycles. The van der Waals surface area contributed by atoms with Crippen LogP contribution in [0.3, 0.4) is 0 Å². The molecule has 0 heterocycles. The second-order valence-corrected chi connectivity index (χ2v) is 6.43. The Bertz CT molecular complexity index is 15.1. The van der Waals surface area contributed by atoms with Crippen molar-refractivity contribution in [2.45, 2.75) is 13.1 Å². The minimum atomic E-state index is 1.09. The molecule has 3 heteroatoms. The number of hydrogen-bond acceptors (Lipinski definition) is 1. The van der Waals surface area contributed by atoms with Crippen LogP contribution < -0.4 is 0 Å². The molecule has 0 aliphatic carbocycles. The zero-order valence-electron chi connectivity index (χ0n) is 3.41. The third kappa shape index (κ3) is 4.78. The molecule has 0 N–H and O–H groups in total. The lowest BCUT2D eigenvalue weighted by Crippen LogP contribution is -1.73. The van der Waals surface area contributed by atoms with Crippen molar-refractivity contribution < 1.29 is 0 Å². The van der Waals surface area contributed by atoms with Gasteiger partial charge in [-0.2, -0.15) is 0 Å². The van der Waals surface area contributed by atoms with Crippen molar-refractivity contribution in [2.75, 3.05) is 0 Å². The Labute approximate surface area is 41.7 Å². The van der Waals surface area contributed by atoms with Gasteiger partial charge in [0.15, 0.2) is 0 Å². The van der Waals surface area contributed by atoms with E-state index in [1.165, 1.54) is 0 Å². The normalized spacial score (nSPS) is 8.40. The Balaban J connectivity index is 2.19. The van der Waals surface area contributed by atoms with E-state index in [4.69, 9.17) is 0 Å². The van der Waals surface area contributed by atoms with Crippen LogP contribution in [0.4, 0.5) is 0 Å². The predicted molar refractivity (Wildman–Crippen MR) is 30.8 cm³/mol. The average molecular weight is 118 g/mol. The standard InChI is InChI=1S/C2H6SSi2/c1-4-3-5-2/h1-2H3. The van der Waals surface area contributed by atoms with Crippen LogP contribution in [0.5, 0.6) is 0 Å². The van der Waals surface area contributed by atoms with Gasteiger partial charge in [-0.05, 0) is 0 Å². The molecular formula is C2H6SSi2. The molecule has 28 valence electrons. The summed E-state index contributed by atoms with van der Waals surface area (Å²) in [5, 5.41) is 0. The summed E-state index contributed by atoms with van der Waals surface area (Å²) in [6.07, 6.45) is 0. The van der Waals surface area contributed by atoms with E-state index in [-0.39, 0.29) is 0 Å². The molecule has 0 aromatic carbocycles. The smallest absolute Gasteiger partial charge is 0.110 e. The molecule has 0 unspecified atom stereocenters. The van der Waals surface area contributed by atoms with Crippen molar-refractivity contribution in [3.05, 3.63) is 0 Å². The van der Waals surface area contributed by atoms with Crippen LogP contribution in [-0.2, 0) is 0 Å². The second kappa shape index (κ2) is 4.78. The summed E-state index contributed by atoms with van der Waals surface area (Å²) in [6.45, 7) is 4.42. The molecule has 5 heavy (non-hydrogen) atoms. The minimum absolute atomic E-state index is 1.09. The van der Waals surface area contributed by atoms with Crippen LogP contribution in [0, 0.1) is 0 Å². The molecule has 0 amide bonds. The van der Waals surface area contributed by atoms with Crippen LogP contribution in [-0.4, -0.2) is 17.3 Å². The summed E-state index contributed by atoms with van der Waals surface area (Å²) < 4.78 is 0. The minimum Gasteiger partial charge on any atom is -0.214 e. The maximum atomic E-state index is 2.21. The van der Waals surface area contributed by atoms with Gasteiger partial charge in [0.05, 0.1) is 0 Å². The highest BCUT2D eigenvalue weighted by Gasteiger charge is 1.71. The van der Waals surface area contributed by atoms with Gasteiger partial charge in [-0.25, -0.2) is 10.7 Å². The van der Waals surface area contributed by atoms with E-state index in [0.717, 1.165) is 17.3 Å². The first-order chi connectivity index (χ1) is 2.41. The van der Waals surface area contributed by atoms with E-state index in [0.29, 0.717) is 0 Å².